The van der Waals surface area contributed by atoms with Gasteiger partial charge >= 0.3 is 0 Å². The molecule has 1 saturated carbocycles. The summed E-state index contributed by atoms with van der Waals surface area (Å²) in [6, 6.07) is 4.75. The molecule has 0 atom stereocenters. The van der Waals surface area contributed by atoms with Crippen LogP contribution >= 0.6 is 0 Å². The lowest BCUT2D eigenvalue weighted by molar-refractivity contribution is -0.0987. The van der Waals surface area contributed by atoms with Crippen molar-refractivity contribution in [3.8, 4) is 0 Å². The Hall–Kier alpha value is -3.16. The van der Waals surface area contributed by atoms with Crippen molar-refractivity contribution in [2.45, 2.75) is 45.6 Å². The van der Waals surface area contributed by atoms with Gasteiger partial charge in [0.05, 0.1) is 11.4 Å². The highest BCUT2D eigenvalue weighted by atomic mass is 19.2. The molecule has 3 rings (SSSR count). The second-order valence-corrected chi connectivity index (χ2v) is 6.41. The molecule has 0 bridgehead atoms. The van der Waals surface area contributed by atoms with Gasteiger partial charge in [0.2, 0.25) is 0 Å². The van der Waals surface area contributed by atoms with E-state index in [4.69, 9.17) is 9.59 Å². The first-order valence-corrected chi connectivity index (χ1v) is 9.53. The van der Waals surface area contributed by atoms with E-state index in [-0.39, 0.29) is 11.4 Å². The summed E-state index contributed by atoms with van der Waals surface area (Å²) in [4.78, 5) is 16.0. The van der Waals surface area contributed by atoms with Crippen LogP contribution in [0, 0.1) is 30.2 Å². The van der Waals surface area contributed by atoms with E-state index in [1.54, 1.807) is 19.1 Å². The molecule has 1 aliphatic carbocycles. The third-order valence-electron chi connectivity index (χ3n) is 4.33. The van der Waals surface area contributed by atoms with Crippen molar-refractivity contribution in [3.63, 3.8) is 0 Å². The van der Waals surface area contributed by atoms with E-state index in [1.165, 1.54) is 12.1 Å². The summed E-state index contributed by atoms with van der Waals surface area (Å²) in [7, 11) is 0. The quantitative estimate of drug-likeness (QED) is 0.307. The first-order valence-electron chi connectivity index (χ1n) is 9.53. The number of aryl methyl sites for hydroxylation is 1. The van der Waals surface area contributed by atoms with Crippen molar-refractivity contribution in [2.24, 2.45) is 0 Å². The average molecular weight is 440 g/mol. The molecule has 31 heavy (non-hydrogen) atoms. The van der Waals surface area contributed by atoms with Gasteiger partial charge < -0.3 is 20.2 Å². The van der Waals surface area contributed by atoms with E-state index in [0.717, 1.165) is 12.8 Å². The molecule has 1 aliphatic rings. The molecule has 0 saturated heterocycles. The summed E-state index contributed by atoms with van der Waals surface area (Å²) in [5.41, 5.74) is -0.468. The number of halogens is 4. The monoisotopic (exact) mass is 440 g/mol. The van der Waals surface area contributed by atoms with E-state index in [2.05, 4.69) is 17.2 Å². The molecule has 0 unspecified atom stereocenters. The predicted molar refractivity (Wildman–Crippen MR) is 117 cm³/mol. The molecule has 170 valence electrons. The zero-order valence-corrected chi connectivity index (χ0v) is 18.0. The Morgan fingerprint density at radius 3 is 2.00 bits per heavy atom. The zero-order chi connectivity index (χ0) is 24.2. The third kappa shape index (κ3) is 7.24. The molecule has 0 aromatic heterocycles. The van der Waals surface area contributed by atoms with Gasteiger partial charge in [-0.05, 0) is 43.9 Å². The van der Waals surface area contributed by atoms with Crippen LogP contribution in [0.25, 0.3) is 0 Å². The van der Waals surface area contributed by atoms with Crippen LogP contribution < -0.4 is 10.6 Å². The molecule has 4 nitrogen and oxygen atoms in total. The standard InChI is InChI=1S/C19H18F4N2.C2H6.2CH2O/c1-3-6-19(7-8-19)25-17-14(22)10-13(21)16(23)18(17)24-15-5-4-11(2)9-12(15)20;3*1-2/h3-5,9-10,24-25H,1,6-8H2,2H3;1-2H3;2*1H2. The zero-order valence-electron chi connectivity index (χ0n) is 18.0. The highest BCUT2D eigenvalue weighted by Gasteiger charge is 2.42. The third-order valence-corrected chi connectivity index (χ3v) is 4.33. The number of benzene rings is 2. The summed E-state index contributed by atoms with van der Waals surface area (Å²) in [5.74, 6) is -4.18. The van der Waals surface area contributed by atoms with E-state index in [0.29, 0.717) is 18.1 Å². The number of rotatable bonds is 6. The maximum atomic E-state index is 14.3. The first-order chi connectivity index (χ1) is 14.8. The Bertz CT molecular complexity index is 869. The number of hydrogen-bond donors (Lipinski definition) is 2. The topological polar surface area (TPSA) is 58.2 Å². The van der Waals surface area contributed by atoms with Gasteiger partial charge in [-0.1, -0.05) is 26.0 Å². The predicted octanol–water partition coefficient (Wildman–Crippen LogP) is 6.47. The van der Waals surface area contributed by atoms with Crippen LogP contribution in [-0.2, 0) is 9.59 Å². The number of nitrogens with one attached hydrogen (secondary N) is 2. The van der Waals surface area contributed by atoms with Crippen LogP contribution in [0.15, 0.2) is 36.9 Å². The van der Waals surface area contributed by atoms with Gasteiger partial charge in [-0.2, -0.15) is 0 Å². The normalized spacial score (nSPS) is 12.5. The van der Waals surface area contributed by atoms with Crippen molar-refractivity contribution >= 4 is 30.6 Å². The number of carbonyl (C=O) groups excluding carboxylic acids is 2. The molecule has 2 aromatic rings. The van der Waals surface area contributed by atoms with Gasteiger partial charge in [0, 0.05) is 11.6 Å². The summed E-state index contributed by atoms with van der Waals surface area (Å²) in [5, 5.41) is 5.44. The Labute approximate surface area is 180 Å². The van der Waals surface area contributed by atoms with Gasteiger partial charge in [-0.15, -0.1) is 6.58 Å². The van der Waals surface area contributed by atoms with E-state index in [9.17, 15) is 17.6 Å². The minimum Gasteiger partial charge on any atom is -0.375 e. The Morgan fingerprint density at radius 2 is 1.52 bits per heavy atom. The summed E-state index contributed by atoms with van der Waals surface area (Å²) >= 11 is 0. The fraction of sp³-hybridized carbons (Fsp3) is 0.304. The molecular formula is C23H28F4N2O2. The molecule has 0 radical (unpaired) electrons. The number of anilines is 3. The number of carbonyl (C=O) groups is 2. The molecule has 0 aliphatic heterocycles. The molecule has 0 spiro atoms. The van der Waals surface area contributed by atoms with E-state index >= 15 is 0 Å². The van der Waals surface area contributed by atoms with Crippen molar-refractivity contribution in [2.75, 3.05) is 10.6 Å². The first kappa shape index (κ1) is 27.8. The molecule has 2 N–H and O–H groups in total. The molecule has 2 aromatic carbocycles. The summed E-state index contributed by atoms with van der Waals surface area (Å²) < 4.78 is 56.4. The average Bonchev–Trinajstić information content (AvgIpc) is 3.54. The maximum Gasteiger partial charge on any atom is 0.184 e. The molecule has 8 heteroatoms. The molecule has 0 amide bonds. The lowest BCUT2D eigenvalue weighted by Gasteiger charge is -2.22. The van der Waals surface area contributed by atoms with Gasteiger partial charge in [0.25, 0.3) is 0 Å². The lowest BCUT2D eigenvalue weighted by Crippen LogP contribution is -2.22. The van der Waals surface area contributed by atoms with Gasteiger partial charge in [0.1, 0.15) is 25.1 Å². The minimum atomic E-state index is -1.34. The fourth-order valence-corrected chi connectivity index (χ4v) is 2.76. The lowest BCUT2D eigenvalue weighted by atomic mass is 10.1. The van der Waals surface area contributed by atoms with Crippen LogP contribution in [0.2, 0.25) is 0 Å². The van der Waals surface area contributed by atoms with Crippen LogP contribution in [0.4, 0.5) is 34.6 Å². The second-order valence-electron chi connectivity index (χ2n) is 6.41. The van der Waals surface area contributed by atoms with Crippen molar-refractivity contribution in [1.82, 2.24) is 0 Å². The maximum absolute atomic E-state index is 14.3. The van der Waals surface area contributed by atoms with Crippen LogP contribution in [0.5, 0.6) is 0 Å². The number of hydrogen-bond acceptors (Lipinski definition) is 4. The minimum absolute atomic E-state index is 0.0638. The van der Waals surface area contributed by atoms with E-state index < -0.39 is 34.5 Å². The van der Waals surface area contributed by atoms with Crippen molar-refractivity contribution < 1.29 is 27.2 Å². The summed E-state index contributed by atoms with van der Waals surface area (Å²) in [6.45, 7) is 13.4. The van der Waals surface area contributed by atoms with Gasteiger partial charge in [-0.3, -0.25) is 0 Å². The molecule has 0 heterocycles. The second kappa shape index (κ2) is 13.2. The Kier molecular flexibility index (Phi) is 11.9. The van der Waals surface area contributed by atoms with Crippen LogP contribution in [-0.4, -0.2) is 19.1 Å². The molecule has 1 fully saturated rings. The fourth-order valence-electron chi connectivity index (χ4n) is 2.76. The van der Waals surface area contributed by atoms with Crippen molar-refractivity contribution in [3.05, 3.63) is 65.8 Å². The SMILES string of the molecule is C=CCC1(Nc2c(F)cc(F)c(F)c2Nc2ccc(C)cc2F)CC1.C=O.C=O.CC. The van der Waals surface area contributed by atoms with Gasteiger partial charge in [0.15, 0.2) is 17.5 Å². The largest absolute Gasteiger partial charge is 0.375 e. The summed E-state index contributed by atoms with van der Waals surface area (Å²) in [6.07, 6.45) is 3.76. The highest BCUT2D eigenvalue weighted by Crippen LogP contribution is 2.45. The Balaban J connectivity index is 0.00000138. The van der Waals surface area contributed by atoms with E-state index in [1.807, 2.05) is 27.4 Å². The van der Waals surface area contributed by atoms with Crippen LogP contribution in [0.3, 0.4) is 0 Å². The smallest absolute Gasteiger partial charge is 0.184 e. The highest BCUT2D eigenvalue weighted by molar-refractivity contribution is 5.77. The van der Waals surface area contributed by atoms with Crippen molar-refractivity contribution in [1.29, 1.82) is 0 Å². The molecular weight excluding hydrogens is 412 g/mol. The Morgan fingerprint density at radius 1 is 0.935 bits per heavy atom. The van der Waals surface area contributed by atoms with Gasteiger partial charge in [-0.25, -0.2) is 17.6 Å². The van der Waals surface area contributed by atoms with Crippen LogP contribution in [0.1, 0.15) is 38.7 Å².